The third-order valence-corrected chi connectivity index (χ3v) is 9.00. The highest BCUT2D eigenvalue weighted by Gasteiger charge is 2.36. The van der Waals surface area contributed by atoms with Crippen molar-refractivity contribution in [2.75, 3.05) is 0 Å². The standard InChI is InChI=1S/C45H59N3O10/c1-8-35(46-41(50)39(31(6)7)48-45(54)56-28-34-22-16-11-17-23-34)43(52)58-38(26-32-18-12-9-13-19-32)44(53)57-37(25-30(4)5)40(49)47-36(24-29(2)3)42(51)55-27-33-20-14-10-15-21-33/h9-23,29-31,35-39H,8,24-28H2,1-7H3,(H,46,50)(H,47,49)(H,48,54)/t35-,36+,37-,38-,39-/m0/s1. The minimum absolute atomic E-state index is 0.00142. The van der Waals surface area contributed by atoms with Crippen LogP contribution in [0.5, 0.6) is 0 Å². The summed E-state index contributed by atoms with van der Waals surface area (Å²) >= 11 is 0. The molecule has 0 radical (unpaired) electrons. The highest BCUT2D eigenvalue weighted by Crippen LogP contribution is 2.17. The van der Waals surface area contributed by atoms with Crippen molar-refractivity contribution in [2.24, 2.45) is 17.8 Å². The molecule has 3 amide bonds. The van der Waals surface area contributed by atoms with Gasteiger partial charge in [0.25, 0.3) is 5.91 Å². The molecule has 13 heteroatoms. The number of benzene rings is 3. The predicted molar refractivity (Wildman–Crippen MR) is 218 cm³/mol. The van der Waals surface area contributed by atoms with Gasteiger partial charge in [0.15, 0.2) is 6.10 Å². The lowest BCUT2D eigenvalue weighted by Crippen LogP contribution is -2.54. The topological polar surface area (TPSA) is 175 Å². The molecule has 0 unspecified atom stereocenters. The molecule has 314 valence electrons. The van der Waals surface area contributed by atoms with Crippen molar-refractivity contribution >= 4 is 35.8 Å². The molecule has 0 spiro atoms. The van der Waals surface area contributed by atoms with Crippen LogP contribution in [0.4, 0.5) is 4.79 Å². The van der Waals surface area contributed by atoms with E-state index in [2.05, 4.69) is 16.0 Å². The third-order valence-electron chi connectivity index (χ3n) is 9.00. The first-order valence-corrected chi connectivity index (χ1v) is 19.9. The summed E-state index contributed by atoms with van der Waals surface area (Å²) in [5, 5.41) is 7.96. The Bertz CT molecular complexity index is 1750. The lowest BCUT2D eigenvalue weighted by molar-refractivity contribution is -0.175. The van der Waals surface area contributed by atoms with Gasteiger partial charge in [-0.2, -0.15) is 0 Å². The molecule has 0 bridgehead atoms. The molecule has 0 aliphatic carbocycles. The number of hydrogen-bond donors (Lipinski definition) is 3. The van der Waals surface area contributed by atoms with E-state index in [1.54, 1.807) is 63.2 Å². The van der Waals surface area contributed by atoms with Crippen LogP contribution in [-0.2, 0) is 62.6 Å². The fourth-order valence-electron chi connectivity index (χ4n) is 5.87. The Kier molecular flexibility index (Phi) is 19.4. The van der Waals surface area contributed by atoms with Crippen LogP contribution in [0.25, 0.3) is 0 Å². The number of hydrogen-bond acceptors (Lipinski definition) is 10. The largest absolute Gasteiger partial charge is 0.459 e. The number of carbonyl (C=O) groups excluding carboxylic acids is 6. The van der Waals surface area contributed by atoms with Crippen molar-refractivity contribution in [1.29, 1.82) is 0 Å². The number of ether oxygens (including phenoxy) is 4. The summed E-state index contributed by atoms with van der Waals surface area (Å²) in [4.78, 5) is 80.7. The minimum Gasteiger partial charge on any atom is -0.459 e. The first-order valence-electron chi connectivity index (χ1n) is 19.9. The number of rotatable bonds is 22. The number of nitrogens with one attached hydrogen (secondary N) is 3. The van der Waals surface area contributed by atoms with Gasteiger partial charge in [0.1, 0.15) is 31.3 Å². The van der Waals surface area contributed by atoms with Crippen molar-refractivity contribution < 1.29 is 47.7 Å². The van der Waals surface area contributed by atoms with E-state index >= 15 is 0 Å². The highest BCUT2D eigenvalue weighted by atomic mass is 16.6. The molecule has 0 heterocycles. The second kappa shape index (κ2) is 24.1. The summed E-state index contributed by atoms with van der Waals surface area (Å²) in [6.45, 7) is 12.7. The number of amides is 3. The Morgan fingerprint density at radius 2 is 1.00 bits per heavy atom. The third kappa shape index (κ3) is 16.4. The molecule has 5 atom stereocenters. The van der Waals surface area contributed by atoms with Gasteiger partial charge in [-0.05, 0) is 53.7 Å². The monoisotopic (exact) mass is 801 g/mol. The van der Waals surface area contributed by atoms with Crippen molar-refractivity contribution in [3.8, 4) is 0 Å². The van der Waals surface area contributed by atoms with E-state index in [4.69, 9.17) is 18.9 Å². The van der Waals surface area contributed by atoms with Crippen LogP contribution in [-0.4, -0.2) is 66.1 Å². The smallest absolute Gasteiger partial charge is 0.408 e. The maximum Gasteiger partial charge on any atom is 0.408 e. The van der Waals surface area contributed by atoms with Crippen molar-refractivity contribution in [3.63, 3.8) is 0 Å². The first kappa shape index (κ1) is 46.7. The average molecular weight is 802 g/mol. The van der Waals surface area contributed by atoms with Crippen LogP contribution in [0, 0.1) is 17.8 Å². The van der Waals surface area contributed by atoms with Gasteiger partial charge in [0.2, 0.25) is 12.0 Å². The summed E-state index contributed by atoms with van der Waals surface area (Å²) in [5.41, 5.74) is 2.21. The van der Waals surface area contributed by atoms with Crippen LogP contribution in [0.1, 0.15) is 84.4 Å². The van der Waals surface area contributed by atoms with Crippen molar-refractivity contribution in [2.45, 2.75) is 118 Å². The summed E-state index contributed by atoms with van der Waals surface area (Å²) in [5.74, 6) is -4.32. The predicted octanol–water partition coefficient (Wildman–Crippen LogP) is 6.22. The molecule has 0 saturated heterocycles. The molecule has 3 aromatic carbocycles. The number of carbonyl (C=O) groups is 6. The molecule has 0 aromatic heterocycles. The van der Waals surface area contributed by atoms with Gasteiger partial charge in [0.05, 0.1) is 0 Å². The van der Waals surface area contributed by atoms with Gasteiger partial charge < -0.3 is 34.9 Å². The highest BCUT2D eigenvalue weighted by molar-refractivity contribution is 5.91. The minimum atomic E-state index is -1.50. The lowest BCUT2D eigenvalue weighted by Gasteiger charge is -2.27. The van der Waals surface area contributed by atoms with E-state index in [0.717, 1.165) is 11.1 Å². The normalized spacial score (nSPS) is 13.7. The molecule has 3 N–H and O–H groups in total. The Morgan fingerprint density at radius 3 is 1.50 bits per heavy atom. The number of alkyl carbamates (subject to hydrolysis) is 1. The van der Waals surface area contributed by atoms with Crippen molar-refractivity contribution in [1.82, 2.24) is 16.0 Å². The molecule has 0 saturated carbocycles. The summed E-state index contributed by atoms with van der Waals surface area (Å²) in [6.07, 6.45) is -3.24. The number of esters is 3. The van der Waals surface area contributed by atoms with Gasteiger partial charge in [-0.15, -0.1) is 0 Å². The molecule has 0 fully saturated rings. The fraction of sp³-hybridized carbons (Fsp3) is 0.467. The Labute approximate surface area is 341 Å². The zero-order chi connectivity index (χ0) is 42.6. The molecular weight excluding hydrogens is 743 g/mol. The molecule has 0 aliphatic rings. The summed E-state index contributed by atoms with van der Waals surface area (Å²) in [7, 11) is 0. The summed E-state index contributed by atoms with van der Waals surface area (Å²) in [6, 6.07) is 23.8. The van der Waals surface area contributed by atoms with Crippen LogP contribution >= 0.6 is 0 Å². The molecule has 58 heavy (non-hydrogen) atoms. The SMILES string of the molecule is CC[C@H](NC(=O)[C@@H](NC(=O)OCc1ccccc1)C(C)C)C(=O)O[C@@H](Cc1ccccc1)C(=O)O[C@@H](CC(C)C)C(=O)N[C@H](CC(C)C)C(=O)OCc1ccccc1. The van der Waals surface area contributed by atoms with E-state index in [-0.39, 0.29) is 56.7 Å². The second-order valence-corrected chi connectivity index (χ2v) is 15.4. The van der Waals surface area contributed by atoms with Crippen molar-refractivity contribution in [3.05, 3.63) is 108 Å². The van der Waals surface area contributed by atoms with Gasteiger partial charge in [-0.3, -0.25) is 9.59 Å². The second-order valence-electron chi connectivity index (χ2n) is 15.4. The van der Waals surface area contributed by atoms with E-state index in [1.165, 1.54) is 0 Å². The lowest BCUT2D eigenvalue weighted by atomic mass is 10.0. The van der Waals surface area contributed by atoms with E-state index < -0.39 is 66.1 Å². The zero-order valence-corrected chi connectivity index (χ0v) is 34.6. The maximum absolute atomic E-state index is 13.9. The van der Waals surface area contributed by atoms with Gasteiger partial charge in [-0.1, -0.05) is 139 Å². The Balaban J connectivity index is 1.75. The van der Waals surface area contributed by atoms with E-state index in [9.17, 15) is 28.8 Å². The molecule has 3 rings (SSSR count). The van der Waals surface area contributed by atoms with Crippen LogP contribution < -0.4 is 16.0 Å². The van der Waals surface area contributed by atoms with Gasteiger partial charge >= 0.3 is 24.0 Å². The van der Waals surface area contributed by atoms with Crippen LogP contribution in [0.3, 0.4) is 0 Å². The van der Waals surface area contributed by atoms with Gasteiger partial charge in [-0.25, -0.2) is 19.2 Å². The van der Waals surface area contributed by atoms with Gasteiger partial charge in [0, 0.05) is 6.42 Å². The Hall–Kier alpha value is -5.72. The maximum atomic E-state index is 13.9. The zero-order valence-electron chi connectivity index (χ0n) is 34.6. The molecule has 3 aromatic rings. The fourth-order valence-corrected chi connectivity index (χ4v) is 5.87. The van der Waals surface area contributed by atoms with Crippen LogP contribution in [0.15, 0.2) is 91.0 Å². The average Bonchev–Trinajstić information content (AvgIpc) is 3.19. The van der Waals surface area contributed by atoms with E-state index in [0.29, 0.717) is 5.56 Å². The van der Waals surface area contributed by atoms with Crippen LogP contribution in [0.2, 0.25) is 0 Å². The summed E-state index contributed by atoms with van der Waals surface area (Å²) < 4.78 is 22.4. The van der Waals surface area contributed by atoms with E-state index in [1.807, 2.05) is 76.2 Å². The first-order chi connectivity index (χ1) is 27.7. The Morgan fingerprint density at radius 1 is 0.517 bits per heavy atom. The molecule has 13 nitrogen and oxygen atoms in total. The molecular formula is C45H59N3O10. The molecule has 0 aliphatic heterocycles. The quantitative estimate of drug-likeness (QED) is 0.0782.